The van der Waals surface area contributed by atoms with Crippen molar-refractivity contribution < 1.29 is 4.79 Å². The maximum Gasteiger partial charge on any atom is 0.239 e. The van der Waals surface area contributed by atoms with Crippen molar-refractivity contribution in [1.29, 1.82) is 0 Å². The molecule has 1 atom stereocenters. The zero-order valence-corrected chi connectivity index (χ0v) is 11.2. The van der Waals surface area contributed by atoms with Crippen molar-refractivity contribution in [2.24, 2.45) is 5.92 Å². The van der Waals surface area contributed by atoms with Gasteiger partial charge in [-0.25, -0.2) is 0 Å². The number of amides is 1. The fourth-order valence-electron chi connectivity index (χ4n) is 2.37. The lowest BCUT2D eigenvalue weighted by Crippen LogP contribution is -2.49. The van der Waals surface area contributed by atoms with E-state index in [-0.39, 0.29) is 6.04 Å². The van der Waals surface area contributed by atoms with Crippen LogP contribution in [0.15, 0.2) is 0 Å². The first-order valence-electron chi connectivity index (χ1n) is 6.62. The summed E-state index contributed by atoms with van der Waals surface area (Å²) in [4.78, 5) is 16.4. The molecule has 1 aliphatic rings. The van der Waals surface area contributed by atoms with E-state index < -0.39 is 0 Å². The zero-order valence-electron chi connectivity index (χ0n) is 11.2. The maximum absolute atomic E-state index is 12.2. The van der Waals surface area contributed by atoms with Crippen LogP contribution in [0.1, 0.15) is 40.5 Å². The van der Waals surface area contributed by atoms with Crippen molar-refractivity contribution in [3.05, 3.63) is 0 Å². The number of nitrogens with zero attached hydrogens (tertiary/aromatic N) is 2. The van der Waals surface area contributed by atoms with Crippen LogP contribution in [0.4, 0.5) is 0 Å². The number of piperidine rings is 1. The molecule has 1 saturated heterocycles. The molecule has 0 aromatic rings. The molecule has 1 aliphatic heterocycles. The summed E-state index contributed by atoms with van der Waals surface area (Å²) in [7, 11) is 0. The number of hydrogen-bond donors (Lipinski definition) is 0. The fraction of sp³-hybridized carbons (Fsp3) is 0.923. The summed E-state index contributed by atoms with van der Waals surface area (Å²) in [5.74, 6) is 1.12. The van der Waals surface area contributed by atoms with Crippen LogP contribution in [-0.2, 0) is 4.79 Å². The van der Waals surface area contributed by atoms with E-state index in [0.717, 1.165) is 32.1 Å². The molecule has 0 aromatic heterocycles. The number of likely N-dealkylation sites (tertiary alicyclic amines) is 1. The molecule has 0 spiro atoms. The maximum atomic E-state index is 12.2. The van der Waals surface area contributed by atoms with Crippen molar-refractivity contribution in [2.45, 2.75) is 46.6 Å². The largest absolute Gasteiger partial charge is 0.342 e. The Morgan fingerprint density at radius 3 is 2.25 bits per heavy atom. The van der Waals surface area contributed by atoms with Crippen molar-refractivity contribution in [3.8, 4) is 0 Å². The second-order valence-electron chi connectivity index (χ2n) is 4.90. The van der Waals surface area contributed by atoms with Gasteiger partial charge in [-0.3, -0.25) is 9.69 Å². The molecule has 1 heterocycles. The van der Waals surface area contributed by atoms with E-state index in [1.807, 2.05) is 18.7 Å². The first-order chi connectivity index (χ1) is 7.60. The summed E-state index contributed by atoms with van der Waals surface area (Å²) < 4.78 is 0. The highest BCUT2D eigenvalue weighted by Crippen LogP contribution is 2.18. The summed E-state index contributed by atoms with van der Waals surface area (Å²) in [6.07, 6.45) is 2.46. The highest BCUT2D eigenvalue weighted by Gasteiger charge is 2.27. The van der Waals surface area contributed by atoms with Crippen molar-refractivity contribution >= 4 is 5.91 Å². The third-order valence-electron chi connectivity index (χ3n) is 3.80. The highest BCUT2D eigenvalue weighted by atomic mass is 16.2. The third kappa shape index (κ3) is 3.21. The Morgan fingerprint density at radius 1 is 1.31 bits per heavy atom. The van der Waals surface area contributed by atoms with Crippen molar-refractivity contribution in [3.63, 3.8) is 0 Å². The van der Waals surface area contributed by atoms with E-state index in [2.05, 4.69) is 18.7 Å². The molecule has 1 fully saturated rings. The Balaban J connectivity index is 2.50. The molecular weight excluding hydrogens is 200 g/mol. The molecule has 0 bridgehead atoms. The molecule has 3 nitrogen and oxygen atoms in total. The van der Waals surface area contributed by atoms with Crippen LogP contribution in [0, 0.1) is 5.92 Å². The first kappa shape index (κ1) is 13.5. The molecule has 0 radical (unpaired) electrons. The van der Waals surface area contributed by atoms with Gasteiger partial charge in [0.2, 0.25) is 5.91 Å². The Hall–Kier alpha value is -0.570. The number of hydrogen-bond acceptors (Lipinski definition) is 2. The minimum absolute atomic E-state index is 0.0624. The molecule has 94 valence electrons. The summed E-state index contributed by atoms with van der Waals surface area (Å²) in [5, 5.41) is 0. The monoisotopic (exact) mass is 226 g/mol. The average molecular weight is 226 g/mol. The molecule has 0 aliphatic carbocycles. The predicted octanol–water partition coefficient (Wildman–Crippen LogP) is 1.98. The Labute approximate surface area is 99.8 Å². The van der Waals surface area contributed by atoms with Crippen LogP contribution in [-0.4, -0.2) is 47.9 Å². The molecule has 3 heteroatoms. The standard InChI is InChI=1S/C13H26N2O/c1-5-14(6-2)13(16)12(4)15-9-7-11(3)8-10-15/h11-12H,5-10H2,1-4H3. The summed E-state index contributed by atoms with van der Waals surface area (Å²) >= 11 is 0. The van der Waals surface area contributed by atoms with Crippen LogP contribution in [0.3, 0.4) is 0 Å². The van der Waals surface area contributed by atoms with Crippen LogP contribution < -0.4 is 0 Å². The van der Waals surface area contributed by atoms with Gasteiger partial charge >= 0.3 is 0 Å². The molecule has 1 unspecified atom stereocenters. The third-order valence-corrected chi connectivity index (χ3v) is 3.80. The van der Waals surface area contributed by atoms with Gasteiger partial charge in [0.1, 0.15) is 0 Å². The smallest absolute Gasteiger partial charge is 0.239 e. The van der Waals surface area contributed by atoms with Gasteiger partial charge in [-0.2, -0.15) is 0 Å². The van der Waals surface area contributed by atoms with Gasteiger partial charge in [0.15, 0.2) is 0 Å². The van der Waals surface area contributed by atoms with Gasteiger partial charge in [0, 0.05) is 13.1 Å². The minimum atomic E-state index is 0.0624. The van der Waals surface area contributed by atoms with Gasteiger partial charge < -0.3 is 4.90 Å². The predicted molar refractivity (Wildman–Crippen MR) is 67.4 cm³/mol. The molecule has 0 saturated carbocycles. The number of rotatable bonds is 4. The van der Waals surface area contributed by atoms with E-state index in [4.69, 9.17) is 0 Å². The normalized spacial score (nSPS) is 20.8. The molecule has 1 amide bonds. The number of carbonyl (C=O) groups is 1. The van der Waals surface area contributed by atoms with E-state index in [1.54, 1.807) is 0 Å². The summed E-state index contributed by atoms with van der Waals surface area (Å²) in [6, 6.07) is 0.0624. The van der Waals surface area contributed by atoms with Crippen LogP contribution in [0.2, 0.25) is 0 Å². The van der Waals surface area contributed by atoms with Crippen LogP contribution >= 0.6 is 0 Å². The number of carbonyl (C=O) groups excluding carboxylic acids is 1. The van der Waals surface area contributed by atoms with E-state index in [9.17, 15) is 4.79 Å². The molecule has 0 N–H and O–H groups in total. The van der Waals surface area contributed by atoms with Crippen molar-refractivity contribution in [2.75, 3.05) is 26.2 Å². The molecule has 16 heavy (non-hydrogen) atoms. The average Bonchev–Trinajstić information content (AvgIpc) is 2.30. The summed E-state index contributed by atoms with van der Waals surface area (Å²) in [5.41, 5.74) is 0. The molecule has 0 aromatic carbocycles. The van der Waals surface area contributed by atoms with E-state index in [1.165, 1.54) is 12.8 Å². The lowest BCUT2D eigenvalue weighted by atomic mass is 9.98. The fourth-order valence-corrected chi connectivity index (χ4v) is 2.37. The lowest BCUT2D eigenvalue weighted by molar-refractivity contribution is -0.136. The molecule has 1 rings (SSSR count). The second kappa shape index (κ2) is 6.24. The van der Waals surface area contributed by atoms with Gasteiger partial charge in [-0.05, 0) is 52.6 Å². The Kier molecular flexibility index (Phi) is 5.26. The quantitative estimate of drug-likeness (QED) is 0.732. The number of likely N-dealkylation sites (N-methyl/N-ethyl adjacent to an activating group) is 1. The highest BCUT2D eigenvalue weighted by molar-refractivity contribution is 5.81. The topological polar surface area (TPSA) is 23.6 Å². The second-order valence-corrected chi connectivity index (χ2v) is 4.90. The van der Waals surface area contributed by atoms with Gasteiger partial charge in [-0.15, -0.1) is 0 Å². The van der Waals surface area contributed by atoms with Crippen LogP contribution in [0.5, 0.6) is 0 Å². The Bertz CT molecular complexity index is 218. The van der Waals surface area contributed by atoms with Gasteiger partial charge in [0.25, 0.3) is 0 Å². The zero-order chi connectivity index (χ0) is 12.1. The van der Waals surface area contributed by atoms with Crippen LogP contribution in [0.25, 0.3) is 0 Å². The minimum Gasteiger partial charge on any atom is -0.342 e. The lowest BCUT2D eigenvalue weighted by Gasteiger charge is -2.36. The Morgan fingerprint density at radius 2 is 1.81 bits per heavy atom. The van der Waals surface area contributed by atoms with Gasteiger partial charge in [0.05, 0.1) is 6.04 Å². The van der Waals surface area contributed by atoms with E-state index >= 15 is 0 Å². The first-order valence-corrected chi connectivity index (χ1v) is 6.62. The van der Waals surface area contributed by atoms with E-state index in [0.29, 0.717) is 5.91 Å². The van der Waals surface area contributed by atoms with Gasteiger partial charge in [-0.1, -0.05) is 6.92 Å². The SMILES string of the molecule is CCN(CC)C(=O)C(C)N1CCC(C)CC1. The molecular formula is C13H26N2O. The van der Waals surface area contributed by atoms with Crippen molar-refractivity contribution in [1.82, 2.24) is 9.80 Å². The summed E-state index contributed by atoms with van der Waals surface area (Å²) in [6.45, 7) is 12.3.